The van der Waals surface area contributed by atoms with Crippen molar-refractivity contribution in [3.05, 3.63) is 59.2 Å². The van der Waals surface area contributed by atoms with Crippen molar-refractivity contribution in [3.63, 3.8) is 0 Å². The largest absolute Gasteiger partial charge is 0.485 e. The molecule has 3 rings (SSSR count). The number of ether oxygens (including phenoxy) is 1. The van der Waals surface area contributed by atoms with Gasteiger partial charge in [0, 0.05) is 29.4 Å². The Hall–Kier alpha value is -1.94. The minimum absolute atomic E-state index is 0.249. The molecule has 0 amide bonds. The number of aryl methyl sites for hydroxylation is 1. The number of aromatic nitrogens is 1. The molecule has 1 aliphatic heterocycles. The van der Waals surface area contributed by atoms with Crippen molar-refractivity contribution in [2.75, 3.05) is 0 Å². The molecule has 0 radical (unpaired) electrons. The summed E-state index contributed by atoms with van der Waals surface area (Å²) in [6.07, 6.45) is 1.19. The average molecular weight is 259 g/mol. The Kier molecular flexibility index (Phi) is 2.95. The van der Waals surface area contributed by atoms with Gasteiger partial charge in [-0.25, -0.2) is 4.39 Å². The number of rotatable bonds is 1. The second-order valence-corrected chi connectivity index (χ2v) is 4.77. The molecule has 1 aromatic heterocycles. The lowest BCUT2D eigenvalue weighted by atomic mass is 9.95. The maximum absolute atomic E-state index is 13.2. The second kappa shape index (κ2) is 4.63. The van der Waals surface area contributed by atoms with E-state index in [4.69, 9.17) is 4.74 Å². The van der Waals surface area contributed by atoms with Crippen molar-refractivity contribution in [1.82, 2.24) is 4.98 Å². The van der Waals surface area contributed by atoms with Crippen LogP contribution in [0.15, 0.2) is 36.5 Å². The predicted octanol–water partition coefficient (Wildman–Crippen LogP) is 3.09. The van der Waals surface area contributed by atoms with Gasteiger partial charge in [0.2, 0.25) is 0 Å². The van der Waals surface area contributed by atoms with E-state index in [1.165, 1.54) is 12.1 Å². The summed E-state index contributed by atoms with van der Waals surface area (Å²) in [6.45, 7) is 1.92. The number of aliphatic hydroxyl groups is 1. The zero-order valence-electron chi connectivity index (χ0n) is 10.5. The third kappa shape index (κ3) is 2.31. The van der Waals surface area contributed by atoms with Gasteiger partial charge < -0.3 is 9.84 Å². The third-order valence-corrected chi connectivity index (χ3v) is 3.34. The molecule has 1 aromatic carbocycles. The lowest BCUT2D eigenvalue weighted by molar-refractivity contribution is 0.0652. The van der Waals surface area contributed by atoms with Gasteiger partial charge in [-0.05, 0) is 31.2 Å². The average Bonchev–Trinajstić information content (AvgIpc) is 2.40. The van der Waals surface area contributed by atoms with Crippen molar-refractivity contribution in [3.8, 4) is 5.75 Å². The summed E-state index contributed by atoms with van der Waals surface area (Å²) in [6, 6.07) is 8.06. The number of aliphatic hydroxyl groups excluding tert-OH is 1. The minimum Gasteiger partial charge on any atom is -0.485 e. The van der Waals surface area contributed by atoms with Gasteiger partial charge >= 0.3 is 0 Å². The lowest BCUT2D eigenvalue weighted by Crippen LogP contribution is -2.19. The highest BCUT2D eigenvalue weighted by Gasteiger charge is 2.28. The molecule has 4 heteroatoms. The van der Waals surface area contributed by atoms with Crippen molar-refractivity contribution < 1.29 is 14.2 Å². The van der Waals surface area contributed by atoms with Crippen LogP contribution in [0.4, 0.5) is 4.39 Å². The Morgan fingerprint density at radius 3 is 2.89 bits per heavy atom. The Labute approximate surface area is 110 Å². The normalized spacial score (nSPS) is 21.6. The summed E-state index contributed by atoms with van der Waals surface area (Å²) in [4.78, 5) is 4.23. The molecule has 0 saturated carbocycles. The van der Waals surface area contributed by atoms with Crippen LogP contribution in [0.3, 0.4) is 0 Å². The molecule has 0 fully saturated rings. The molecule has 0 bridgehead atoms. The van der Waals surface area contributed by atoms with E-state index in [1.807, 2.05) is 19.1 Å². The molecule has 2 atom stereocenters. The van der Waals surface area contributed by atoms with Crippen LogP contribution >= 0.6 is 0 Å². The molecule has 2 heterocycles. The molecule has 1 aliphatic rings. The van der Waals surface area contributed by atoms with Gasteiger partial charge in [0.15, 0.2) is 0 Å². The Bertz CT molecular complexity index is 598. The van der Waals surface area contributed by atoms with Gasteiger partial charge in [0.05, 0.1) is 6.10 Å². The summed E-state index contributed by atoms with van der Waals surface area (Å²) < 4.78 is 19.0. The SMILES string of the molecule is Cc1ccc(C2C[C@@H](O)c3cc(F)ccc3O2)cn1. The van der Waals surface area contributed by atoms with Crippen molar-refractivity contribution in [1.29, 1.82) is 0 Å². The maximum atomic E-state index is 13.2. The van der Waals surface area contributed by atoms with E-state index in [1.54, 1.807) is 12.3 Å². The van der Waals surface area contributed by atoms with Crippen LogP contribution in [-0.2, 0) is 0 Å². The van der Waals surface area contributed by atoms with Crippen LogP contribution in [0.2, 0.25) is 0 Å². The van der Waals surface area contributed by atoms with Crippen LogP contribution in [0, 0.1) is 12.7 Å². The molecule has 1 unspecified atom stereocenters. The van der Waals surface area contributed by atoms with Crippen LogP contribution in [0.5, 0.6) is 5.75 Å². The van der Waals surface area contributed by atoms with E-state index in [0.717, 1.165) is 11.3 Å². The first kappa shape index (κ1) is 12.1. The molecular weight excluding hydrogens is 245 g/mol. The number of pyridine rings is 1. The smallest absolute Gasteiger partial charge is 0.128 e. The van der Waals surface area contributed by atoms with Crippen LogP contribution < -0.4 is 4.74 Å². The standard InChI is InChI=1S/C15H14FNO2/c1-9-2-3-10(8-17-9)15-7-13(18)12-6-11(16)4-5-14(12)19-15/h2-6,8,13,15,18H,7H2,1H3/t13-,15?/m1/s1. The number of halogens is 1. The molecule has 19 heavy (non-hydrogen) atoms. The number of benzene rings is 1. The Morgan fingerprint density at radius 1 is 1.32 bits per heavy atom. The number of hydrogen-bond acceptors (Lipinski definition) is 3. The van der Waals surface area contributed by atoms with E-state index in [2.05, 4.69) is 4.98 Å². The van der Waals surface area contributed by atoms with Gasteiger partial charge in [-0.1, -0.05) is 6.07 Å². The monoisotopic (exact) mass is 259 g/mol. The quantitative estimate of drug-likeness (QED) is 0.855. The predicted molar refractivity (Wildman–Crippen MR) is 68.3 cm³/mol. The molecule has 98 valence electrons. The summed E-state index contributed by atoms with van der Waals surface area (Å²) in [5.74, 6) is 0.169. The zero-order chi connectivity index (χ0) is 13.4. The number of fused-ring (bicyclic) bond motifs is 1. The summed E-state index contributed by atoms with van der Waals surface area (Å²) >= 11 is 0. The van der Waals surface area contributed by atoms with Crippen molar-refractivity contribution in [2.24, 2.45) is 0 Å². The van der Waals surface area contributed by atoms with Crippen molar-refractivity contribution in [2.45, 2.75) is 25.6 Å². The molecule has 0 spiro atoms. The van der Waals surface area contributed by atoms with Crippen molar-refractivity contribution >= 4 is 0 Å². The first-order valence-electron chi connectivity index (χ1n) is 6.20. The second-order valence-electron chi connectivity index (χ2n) is 4.77. The van der Waals surface area contributed by atoms with E-state index >= 15 is 0 Å². The molecule has 2 aromatic rings. The van der Waals surface area contributed by atoms with E-state index in [9.17, 15) is 9.50 Å². The highest BCUT2D eigenvalue weighted by Crippen LogP contribution is 2.40. The summed E-state index contributed by atoms with van der Waals surface area (Å²) in [5.41, 5.74) is 2.36. The topological polar surface area (TPSA) is 42.4 Å². The van der Waals surface area contributed by atoms with Gasteiger partial charge in [-0.3, -0.25) is 4.98 Å². The van der Waals surface area contributed by atoms with Crippen LogP contribution in [0.25, 0.3) is 0 Å². The fourth-order valence-corrected chi connectivity index (χ4v) is 2.29. The first-order chi connectivity index (χ1) is 9.13. The Balaban J connectivity index is 1.92. The molecule has 0 aliphatic carbocycles. The Morgan fingerprint density at radius 2 is 2.16 bits per heavy atom. The zero-order valence-corrected chi connectivity index (χ0v) is 10.5. The fourth-order valence-electron chi connectivity index (χ4n) is 2.29. The third-order valence-electron chi connectivity index (χ3n) is 3.34. The van der Waals surface area contributed by atoms with E-state index in [0.29, 0.717) is 17.7 Å². The van der Waals surface area contributed by atoms with E-state index < -0.39 is 6.10 Å². The van der Waals surface area contributed by atoms with Crippen LogP contribution in [0.1, 0.15) is 35.4 Å². The fraction of sp³-hybridized carbons (Fsp3) is 0.267. The van der Waals surface area contributed by atoms with Gasteiger partial charge in [-0.15, -0.1) is 0 Å². The molecular formula is C15H14FNO2. The van der Waals surface area contributed by atoms with Gasteiger partial charge in [0.1, 0.15) is 17.7 Å². The maximum Gasteiger partial charge on any atom is 0.128 e. The highest BCUT2D eigenvalue weighted by atomic mass is 19.1. The number of nitrogens with zero attached hydrogens (tertiary/aromatic N) is 1. The number of hydrogen-bond donors (Lipinski definition) is 1. The van der Waals surface area contributed by atoms with E-state index in [-0.39, 0.29) is 11.9 Å². The molecule has 3 nitrogen and oxygen atoms in total. The molecule has 1 N–H and O–H groups in total. The first-order valence-corrected chi connectivity index (χ1v) is 6.20. The van der Waals surface area contributed by atoms with Gasteiger partial charge in [0.25, 0.3) is 0 Å². The minimum atomic E-state index is -0.717. The lowest BCUT2D eigenvalue weighted by Gasteiger charge is -2.29. The summed E-state index contributed by atoms with van der Waals surface area (Å²) in [7, 11) is 0. The summed E-state index contributed by atoms with van der Waals surface area (Å²) in [5, 5.41) is 10.1. The highest BCUT2D eigenvalue weighted by molar-refractivity contribution is 5.38. The van der Waals surface area contributed by atoms with Gasteiger partial charge in [-0.2, -0.15) is 0 Å². The van der Waals surface area contributed by atoms with Crippen LogP contribution in [-0.4, -0.2) is 10.1 Å². The molecule has 0 saturated heterocycles.